The largest absolute Gasteiger partial charge is 0.384 e. The van der Waals surface area contributed by atoms with E-state index in [1.807, 2.05) is 30.3 Å². The van der Waals surface area contributed by atoms with E-state index in [1.54, 1.807) is 24.1 Å². The summed E-state index contributed by atoms with van der Waals surface area (Å²) in [6.07, 6.45) is 1.55. The number of nitrogens with one attached hydrogen (secondary N) is 1. The first-order valence-corrected chi connectivity index (χ1v) is 8.38. The zero-order valence-electron chi connectivity index (χ0n) is 14.2. The van der Waals surface area contributed by atoms with Crippen LogP contribution in [-0.4, -0.2) is 32.2 Å². The van der Waals surface area contributed by atoms with Gasteiger partial charge >= 0.3 is 0 Å². The fourth-order valence-electron chi connectivity index (χ4n) is 3.06. The van der Waals surface area contributed by atoms with Crippen molar-refractivity contribution in [2.75, 3.05) is 30.5 Å². The van der Waals surface area contributed by atoms with Crippen LogP contribution in [0.2, 0.25) is 0 Å². The molecule has 1 amide bonds. The minimum absolute atomic E-state index is 0.0613. The summed E-state index contributed by atoms with van der Waals surface area (Å²) in [5.41, 5.74) is 3.56. The predicted molar refractivity (Wildman–Crippen MR) is 97.6 cm³/mol. The maximum atomic E-state index is 12.8. The number of para-hydroxylation sites is 1. The molecule has 0 spiro atoms. The summed E-state index contributed by atoms with van der Waals surface area (Å²) >= 11 is 0. The quantitative estimate of drug-likeness (QED) is 0.881. The van der Waals surface area contributed by atoms with Crippen molar-refractivity contribution in [2.24, 2.45) is 0 Å². The van der Waals surface area contributed by atoms with Crippen LogP contribution in [0.4, 0.5) is 11.4 Å². The Hall–Kier alpha value is -2.84. The minimum Gasteiger partial charge on any atom is -0.384 e. The summed E-state index contributed by atoms with van der Waals surface area (Å²) in [5, 5.41) is 12.3. The van der Waals surface area contributed by atoms with E-state index in [1.165, 1.54) is 0 Å². The Morgan fingerprint density at radius 2 is 2.00 bits per heavy atom. The zero-order valence-corrected chi connectivity index (χ0v) is 14.2. The smallest absolute Gasteiger partial charge is 0.249 e. The molecule has 2 aromatic rings. The van der Waals surface area contributed by atoms with Gasteiger partial charge in [0, 0.05) is 25.0 Å². The van der Waals surface area contributed by atoms with Crippen LogP contribution in [0, 0.1) is 11.3 Å². The number of ether oxygens (including phenoxy) is 1. The third-order valence-corrected chi connectivity index (χ3v) is 4.44. The van der Waals surface area contributed by atoms with Gasteiger partial charge in [-0.05, 0) is 48.7 Å². The monoisotopic (exact) mass is 335 g/mol. The predicted octanol–water partition coefficient (Wildman–Crippen LogP) is 2.96. The number of amides is 1. The molecule has 1 saturated heterocycles. The number of nitriles is 1. The van der Waals surface area contributed by atoms with E-state index in [0.717, 1.165) is 29.8 Å². The van der Waals surface area contributed by atoms with Crippen LogP contribution in [0.1, 0.15) is 17.5 Å². The molecule has 1 N–H and O–H groups in total. The number of carbonyl (C=O) groups is 1. The summed E-state index contributed by atoms with van der Waals surface area (Å²) in [4.78, 5) is 14.5. The fraction of sp³-hybridized carbons (Fsp3) is 0.300. The number of benzene rings is 2. The SMILES string of the molecule is COCCc1ccccc1NC1CCN(c2ccc(C#N)cc2)C1=O. The molecular weight excluding hydrogens is 314 g/mol. The summed E-state index contributed by atoms with van der Waals surface area (Å²) in [5.74, 6) is 0.0613. The van der Waals surface area contributed by atoms with Crippen LogP contribution in [-0.2, 0) is 16.0 Å². The second-order valence-corrected chi connectivity index (χ2v) is 6.03. The van der Waals surface area contributed by atoms with E-state index in [9.17, 15) is 4.79 Å². The molecule has 1 atom stereocenters. The molecule has 1 aliphatic heterocycles. The van der Waals surface area contributed by atoms with Crippen molar-refractivity contribution in [2.45, 2.75) is 18.9 Å². The van der Waals surface area contributed by atoms with Crippen molar-refractivity contribution >= 4 is 17.3 Å². The van der Waals surface area contributed by atoms with Gasteiger partial charge in [0.2, 0.25) is 5.91 Å². The molecule has 0 aliphatic carbocycles. The lowest BCUT2D eigenvalue weighted by Crippen LogP contribution is -2.33. The average molecular weight is 335 g/mol. The van der Waals surface area contributed by atoms with Gasteiger partial charge < -0.3 is 15.0 Å². The normalized spacial score (nSPS) is 16.7. The van der Waals surface area contributed by atoms with E-state index in [4.69, 9.17) is 10.00 Å². The van der Waals surface area contributed by atoms with E-state index in [2.05, 4.69) is 17.5 Å². The van der Waals surface area contributed by atoms with Crippen molar-refractivity contribution in [1.82, 2.24) is 0 Å². The average Bonchev–Trinajstić information content (AvgIpc) is 3.01. The van der Waals surface area contributed by atoms with Gasteiger partial charge in [-0.15, -0.1) is 0 Å². The first kappa shape index (κ1) is 17.0. The Morgan fingerprint density at radius 3 is 2.72 bits per heavy atom. The number of hydrogen-bond acceptors (Lipinski definition) is 4. The molecule has 0 aromatic heterocycles. The molecule has 25 heavy (non-hydrogen) atoms. The lowest BCUT2D eigenvalue weighted by Gasteiger charge is -2.19. The van der Waals surface area contributed by atoms with Crippen molar-refractivity contribution in [3.8, 4) is 6.07 Å². The number of rotatable bonds is 6. The molecule has 128 valence electrons. The molecule has 1 aliphatic rings. The molecule has 1 unspecified atom stereocenters. The van der Waals surface area contributed by atoms with Gasteiger partial charge in [-0.3, -0.25) is 4.79 Å². The molecule has 0 radical (unpaired) electrons. The van der Waals surface area contributed by atoms with E-state index < -0.39 is 0 Å². The van der Waals surface area contributed by atoms with Crippen LogP contribution < -0.4 is 10.2 Å². The second-order valence-electron chi connectivity index (χ2n) is 6.03. The number of hydrogen-bond donors (Lipinski definition) is 1. The zero-order chi connectivity index (χ0) is 17.6. The highest BCUT2D eigenvalue weighted by molar-refractivity contribution is 6.01. The number of carbonyl (C=O) groups excluding carboxylic acids is 1. The van der Waals surface area contributed by atoms with Gasteiger partial charge in [-0.2, -0.15) is 5.26 Å². The Balaban J connectivity index is 1.71. The number of methoxy groups -OCH3 is 1. The third kappa shape index (κ3) is 3.81. The Labute approximate surface area is 147 Å². The summed E-state index contributed by atoms with van der Waals surface area (Å²) in [6, 6.07) is 17.0. The van der Waals surface area contributed by atoms with Crippen molar-refractivity contribution in [1.29, 1.82) is 5.26 Å². The molecule has 1 heterocycles. The van der Waals surface area contributed by atoms with Gasteiger partial charge in [-0.25, -0.2) is 0 Å². The number of nitrogens with zero attached hydrogens (tertiary/aromatic N) is 2. The maximum Gasteiger partial charge on any atom is 0.249 e. The van der Waals surface area contributed by atoms with Gasteiger partial charge in [0.1, 0.15) is 6.04 Å². The van der Waals surface area contributed by atoms with Gasteiger partial charge in [0.05, 0.1) is 18.2 Å². The van der Waals surface area contributed by atoms with E-state index in [-0.39, 0.29) is 11.9 Å². The maximum absolute atomic E-state index is 12.8. The molecule has 3 rings (SSSR count). The van der Waals surface area contributed by atoms with Gasteiger partial charge in [0.25, 0.3) is 0 Å². The Kier molecular flexibility index (Phi) is 5.32. The van der Waals surface area contributed by atoms with Crippen molar-refractivity contribution in [3.05, 3.63) is 59.7 Å². The second kappa shape index (κ2) is 7.82. The fourth-order valence-corrected chi connectivity index (χ4v) is 3.06. The highest BCUT2D eigenvalue weighted by Gasteiger charge is 2.32. The first-order chi connectivity index (χ1) is 12.2. The highest BCUT2D eigenvalue weighted by atomic mass is 16.5. The molecular formula is C20H21N3O2. The molecule has 0 bridgehead atoms. The van der Waals surface area contributed by atoms with Crippen molar-refractivity contribution < 1.29 is 9.53 Å². The summed E-state index contributed by atoms with van der Waals surface area (Å²) in [7, 11) is 1.69. The molecule has 5 nitrogen and oxygen atoms in total. The molecule has 0 saturated carbocycles. The summed E-state index contributed by atoms with van der Waals surface area (Å²) < 4.78 is 5.16. The topological polar surface area (TPSA) is 65.4 Å². The van der Waals surface area contributed by atoms with Crippen LogP contribution in [0.25, 0.3) is 0 Å². The van der Waals surface area contributed by atoms with Crippen molar-refractivity contribution in [3.63, 3.8) is 0 Å². The molecule has 2 aromatic carbocycles. The highest BCUT2D eigenvalue weighted by Crippen LogP contribution is 2.25. The minimum atomic E-state index is -0.237. The van der Waals surface area contributed by atoms with Crippen LogP contribution in [0.5, 0.6) is 0 Å². The van der Waals surface area contributed by atoms with Crippen LogP contribution in [0.15, 0.2) is 48.5 Å². The Morgan fingerprint density at radius 1 is 1.24 bits per heavy atom. The van der Waals surface area contributed by atoms with Gasteiger partial charge in [0.15, 0.2) is 0 Å². The molecule has 5 heteroatoms. The first-order valence-electron chi connectivity index (χ1n) is 8.38. The lowest BCUT2D eigenvalue weighted by atomic mass is 10.1. The van der Waals surface area contributed by atoms with Gasteiger partial charge in [-0.1, -0.05) is 18.2 Å². The van der Waals surface area contributed by atoms with E-state index in [0.29, 0.717) is 18.7 Å². The van der Waals surface area contributed by atoms with E-state index >= 15 is 0 Å². The number of anilines is 2. The van der Waals surface area contributed by atoms with Crippen LogP contribution >= 0.6 is 0 Å². The summed E-state index contributed by atoms with van der Waals surface area (Å²) in [6.45, 7) is 1.32. The standard InChI is InChI=1S/C20H21N3O2/c1-25-13-11-16-4-2-3-5-18(16)22-19-10-12-23(20(19)24)17-8-6-15(14-21)7-9-17/h2-9,19,22H,10-13H2,1H3. The lowest BCUT2D eigenvalue weighted by molar-refractivity contribution is -0.117. The molecule has 1 fully saturated rings. The third-order valence-electron chi connectivity index (χ3n) is 4.44. The Bertz CT molecular complexity index is 780. The van der Waals surface area contributed by atoms with Crippen LogP contribution in [0.3, 0.4) is 0 Å².